The first-order chi connectivity index (χ1) is 8.49. The van der Waals surface area contributed by atoms with Crippen molar-refractivity contribution in [3.05, 3.63) is 41.7 Å². The van der Waals surface area contributed by atoms with Gasteiger partial charge in [0.2, 0.25) is 10.0 Å². The molecule has 1 aromatic carbocycles. The first-order valence-corrected chi connectivity index (χ1v) is 7.16. The molecule has 0 aromatic heterocycles. The third-order valence-electron chi connectivity index (χ3n) is 2.74. The maximum absolute atomic E-state index is 13.0. The van der Waals surface area contributed by atoms with E-state index in [1.54, 1.807) is 18.2 Å². The highest BCUT2D eigenvalue weighted by Crippen LogP contribution is 2.22. The topological polar surface area (TPSA) is 37.4 Å². The van der Waals surface area contributed by atoms with Crippen molar-refractivity contribution in [1.82, 2.24) is 4.31 Å². The van der Waals surface area contributed by atoms with Crippen LogP contribution in [0.25, 0.3) is 6.08 Å². The highest BCUT2D eigenvalue weighted by molar-refractivity contribution is 7.89. The number of rotatable bonds is 4. The van der Waals surface area contributed by atoms with Gasteiger partial charge in [0.05, 0.1) is 5.75 Å². The molecule has 0 N–H and O–H groups in total. The zero-order valence-corrected chi connectivity index (χ0v) is 10.4. The predicted octanol–water partition coefficient (Wildman–Crippen LogP) is 2.17. The molecule has 2 rings (SSSR count). The van der Waals surface area contributed by atoms with Crippen LogP contribution in [0.2, 0.25) is 0 Å². The van der Waals surface area contributed by atoms with E-state index in [2.05, 4.69) is 0 Å². The van der Waals surface area contributed by atoms with Crippen LogP contribution in [0.5, 0.6) is 0 Å². The van der Waals surface area contributed by atoms with E-state index in [1.165, 1.54) is 18.2 Å². The maximum atomic E-state index is 13.0. The van der Waals surface area contributed by atoms with Gasteiger partial charge in [-0.25, -0.2) is 17.2 Å². The monoisotopic (exact) mass is 273 g/mol. The largest absolute Gasteiger partial charge is 0.229 e. The van der Waals surface area contributed by atoms with Crippen molar-refractivity contribution in [2.45, 2.75) is 12.7 Å². The summed E-state index contributed by atoms with van der Waals surface area (Å²) in [7, 11) is -3.55. The van der Waals surface area contributed by atoms with Crippen molar-refractivity contribution in [3.8, 4) is 0 Å². The van der Waals surface area contributed by atoms with E-state index >= 15 is 0 Å². The molecule has 0 aliphatic carbocycles. The minimum Gasteiger partial charge on any atom is -0.229 e. The van der Waals surface area contributed by atoms with Crippen molar-refractivity contribution in [3.63, 3.8) is 0 Å². The number of nitrogens with zero attached hydrogens (tertiary/aromatic N) is 1. The summed E-state index contributed by atoms with van der Waals surface area (Å²) in [6.07, 6.45) is 1.90. The lowest BCUT2D eigenvalue weighted by atomic mass is 10.2. The van der Waals surface area contributed by atoms with Gasteiger partial charge in [0.15, 0.2) is 6.30 Å². The van der Waals surface area contributed by atoms with E-state index in [4.69, 9.17) is 0 Å². The van der Waals surface area contributed by atoms with Crippen molar-refractivity contribution >= 4 is 16.1 Å². The molecule has 1 heterocycles. The Morgan fingerprint density at radius 2 is 2.00 bits per heavy atom. The molecule has 3 nitrogen and oxygen atoms in total. The molecule has 0 bridgehead atoms. The van der Waals surface area contributed by atoms with Gasteiger partial charge in [0.1, 0.15) is 5.82 Å². The molecule has 1 fully saturated rings. The van der Waals surface area contributed by atoms with E-state index < -0.39 is 16.3 Å². The standard InChI is InChI=1S/C12H13F2NO2S/c13-11-5-3-10(4-6-11)2-1-9-18(16,17)15-8-7-12(15)14/h1-6,12H,7-9H2. The number of alkyl halides is 1. The van der Waals surface area contributed by atoms with Crippen LogP contribution in [-0.2, 0) is 10.0 Å². The number of benzene rings is 1. The Hall–Kier alpha value is -1.27. The van der Waals surface area contributed by atoms with Crippen LogP contribution in [0.4, 0.5) is 8.78 Å². The summed E-state index contributed by atoms with van der Waals surface area (Å²) < 4.78 is 49.7. The van der Waals surface area contributed by atoms with Crippen LogP contribution in [0.1, 0.15) is 12.0 Å². The van der Waals surface area contributed by atoms with E-state index in [-0.39, 0.29) is 24.5 Å². The lowest BCUT2D eigenvalue weighted by Crippen LogP contribution is -2.49. The molecular formula is C12H13F2NO2S. The molecule has 1 unspecified atom stereocenters. The first-order valence-electron chi connectivity index (χ1n) is 5.55. The second-order valence-corrected chi connectivity index (χ2v) is 6.03. The van der Waals surface area contributed by atoms with Crippen LogP contribution in [0, 0.1) is 5.82 Å². The zero-order valence-electron chi connectivity index (χ0n) is 9.59. The van der Waals surface area contributed by atoms with Gasteiger partial charge in [0.25, 0.3) is 0 Å². The highest BCUT2D eigenvalue weighted by Gasteiger charge is 2.36. The molecule has 98 valence electrons. The molecule has 1 aliphatic rings. The maximum Gasteiger partial charge on any atom is 0.220 e. The fraction of sp³-hybridized carbons (Fsp3) is 0.333. The average Bonchev–Trinajstić information content (AvgIpc) is 2.29. The van der Waals surface area contributed by atoms with E-state index in [0.717, 1.165) is 4.31 Å². The summed E-state index contributed by atoms with van der Waals surface area (Å²) in [6, 6.07) is 5.67. The summed E-state index contributed by atoms with van der Waals surface area (Å²) in [5.41, 5.74) is 0.701. The van der Waals surface area contributed by atoms with Crippen LogP contribution >= 0.6 is 0 Å². The summed E-state index contributed by atoms with van der Waals surface area (Å²) in [6.45, 7) is 0.244. The number of sulfonamides is 1. The summed E-state index contributed by atoms with van der Waals surface area (Å²) in [5.74, 6) is -0.592. The molecule has 1 atom stereocenters. The molecular weight excluding hydrogens is 260 g/mol. The smallest absolute Gasteiger partial charge is 0.220 e. The average molecular weight is 273 g/mol. The molecule has 1 aromatic rings. The summed E-state index contributed by atoms with van der Waals surface area (Å²) in [5, 5.41) is 0. The molecule has 0 spiro atoms. The van der Waals surface area contributed by atoms with Gasteiger partial charge < -0.3 is 0 Å². The fourth-order valence-electron chi connectivity index (χ4n) is 1.62. The van der Waals surface area contributed by atoms with Gasteiger partial charge in [-0.15, -0.1) is 0 Å². The lowest BCUT2D eigenvalue weighted by Gasteiger charge is -2.33. The van der Waals surface area contributed by atoms with E-state index in [0.29, 0.717) is 5.56 Å². The Labute approximate surface area is 105 Å². The van der Waals surface area contributed by atoms with Gasteiger partial charge in [-0.05, 0) is 17.7 Å². The normalized spacial score (nSPS) is 21.1. The fourth-order valence-corrected chi connectivity index (χ4v) is 2.99. The summed E-state index contributed by atoms with van der Waals surface area (Å²) >= 11 is 0. The minimum atomic E-state index is -3.55. The van der Waals surface area contributed by atoms with E-state index in [1.807, 2.05) is 0 Å². The molecule has 6 heteroatoms. The minimum absolute atomic E-state index is 0.244. The van der Waals surface area contributed by atoms with Gasteiger partial charge in [-0.1, -0.05) is 24.3 Å². The Morgan fingerprint density at radius 3 is 2.50 bits per heavy atom. The summed E-state index contributed by atoms with van der Waals surface area (Å²) in [4.78, 5) is 0. The molecule has 0 radical (unpaired) electrons. The predicted molar refractivity (Wildman–Crippen MR) is 65.4 cm³/mol. The van der Waals surface area contributed by atoms with Gasteiger partial charge in [0, 0.05) is 13.0 Å². The molecule has 1 saturated heterocycles. The van der Waals surface area contributed by atoms with Gasteiger partial charge >= 0.3 is 0 Å². The second kappa shape index (κ2) is 5.16. The van der Waals surface area contributed by atoms with Crippen molar-refractivity contribution in [2.24, 2.45) is 0 Å². The SMILES string of the molecule is O=S(=O)(CC=Cc1ccc(F)cc1)N1CCC1F. The van der Waals surface area contributed by atoms with Gasteiger partial charge in [-0.2, -0.15) is 4.31 Å². The van der Waals surface area contributed by atoms with Crippen LogP contribution in [0.3, 0.4) is 0 Å². The number of hydrogen-bond donors (Lipinski definition) is 0. The number of halogens is 2. The van der Waals surface area contributed by atoms with Crippen LogP contribution in [-0.4, -0.2) is 31.3 Å². The Kier molecular flexibility index (Phi) is 3.77. The lowest BCUT2D eigenvalue weighted by molar-refractivity contribution is 0.0702. The quantitative estimate of drug-likeness (QED) is 0.788. The zero-order chi connectivity index (χ0) is 13.2. The third kappa shape index (κ3) is 2.94. The molecule has 0 amide bonds. The number of hydrogen-bond acceptors (Lipinski definition) is 2. The van der Waals surface area contributed by atoms with Crippen molar-refractivity contribution in [1.29, 1.82) is 0 Å². The third-order valence-corrected chi connectivity index (χ3v) is 4.48. The second-order valence-electron chi connectivity index (χ2n) is 4.07. The van der Waals surface area contributed by atoms with Crippen molar-refractivity contribution < 1.29 is 17.2 Å². The van der Waals surface area contributed by atoms with E-state index in [9.17, 15) is 17.2 Å². The first kappa shape index (κ1) is 13.2. The Morgan fingerprint density at radius 1 is 1.33 bits per heavy atom. The van der Waals surface area contributed by atoms with Gasteiger partial charge in [-0.3, -0.25) is 0 Å². The van der Waals surface area contributed by atoms with Crippen molar-refractivity contribution in [2.75, 3.05) is 12.3 Å². The molecule has 0 saturated carbocycles. The highest BCUT2D eigenvalue weighted by atomic mass is 32.2. The van der Waals surface area contributed by atoms with Crippen LogP contribution in [0.15, 0.2) is 30.3 Å². The Balaban J connectivity index is 1.97. The molecule has 18 heavy (non-hydrogen) atoms. The Bertz CT molecular complexity index is 540. The van der Waals surface area contributed by atoms with Crippen LogP contribution < -0.4 is 0 Å². The molecule has 1 aliphatic heterocycles.